The summed E-state index contributed by atoms with van der Waals surface area (Å²) in [7, 11) is 0. The number of carbonyl (C=O) groups is 1. The summed E-state index contributed by atoms with van der Waals surface area (Å²) in [6.45, 7) is 1.67. The zero-order valence-electron chi connectivity index (χ0n) is 13.5. The molecule has 1 aromatic rings. The van der Waals surface area contributed by atoms with Crippen molar-refractivity contribution in [1.29, 1.82) is 0 Å². The average molecular weight is 315 g/mol. The molecule has 23 heavy (non-hydrogen) atoms. The predicted octanol–water partition coefficient (Wildman–Crippen LogP) is 1.87. The normalized spacial score (nSPS) is 31.4. The van der Waals surface area contributed by atoms with Gasteiger partial charge in [-0.15, -0.1) is 0 Å². The van der Waals surface area contributed by atoms with Gasteiger partial charge < -0.3 is 10.1 Å². The fraction of sp³-hybridized carbons (Fsp3) is 0.667. The third-order valence-corrected chi connectivity index (χ3v) is 5.62. The largest absolute Gasteiger partial charge is 0.363 e. The first-order valence-corrected chi connectivity index (χ1v) is 8.89. The van der Waals surface area contributed by atoms with Gasteiger partial charge in [0.15, 0.2) is 0 Å². The van der Waals surface area contributed by atoms with Crippen molar-refractivity contribution in [2.75, 3.05) is 6.54 Å². The number of carbonyl (C=O) groups excluding carboxylic acids is 1. The maximum atomic E-state index is 12.4. The molecule has 1 aromatic heterocycles. The van der Waals surface area contributed by atoms with Crippen LogP contribution in [0.4, 0.5) is 0 Å². The second-order valence-corrected chi connectivity index (χ2v) is 7.00. The number of pyridine rings is 1. The van der Waals surface area contributed by atoms with Crippen molar-refractivity contribution in [2.24, 2.45) is 0 Å². The summed E-state index contributed by atoms with van der Waals surface area (Å²) < 4.78 is 6.14. The van der Waals surface area contributed by atoms with Crippen LogP contribution in [0.3, 0.4) is 0 Å². The first-order valence-electron chi connectivity index (χ1n) is 8.89. The number of likely N-dealkylation sites (tertiary alicyclic amines) is 1. The van der Waals surface area contributed by atoms with Crippen LogP contribution in [-0.4, -0.2) is 46.6 Å². The molecule has 4 rings (SSSR count). The van der Waals surface area contributed by atoms with Crippen LogP contribution in [-0.2, 0) is 16.1 Å². The van der Waals surface area contributed by atoms with Crippen LogP contribution in [0.15, 0.2) is 24.5 Å². The van der Waals surface area contributed by atoms with Crippen molar-refractivity contribution in [3.63, 3.8) is 0 Å². The number of ether oxygens (including phenoxy) is 1. The van der Waals surface area contributed by atoms with Crippen molar-refractivity contribution < 1.29 is 9.53 Å². The molecule has 0 radical (unpaired) electrons. The summed E-state index contributed by atoms with van der Waals surface area (Å²) in [6.07, 6.45) is 10.6. The maximum absolute atomic E-state index is 12.4. The Bertz CT molecular complexity index is 546. The van der Waals surface area contributed by atoms with Crippen LogP contribution in [0, 0.1) is 0 Å². The molecular formula is C18H25N3O2. The van der Waals surface area contributed by atoms with Crippen LogP contribution in [0.5, 0.6) is 0 Å². The molecule has 2 aliphatic heterocycles. The van der Waals surface area contributed by atoms with E-state index in [0.29, 0.717) is 12.6 Å². The highest BCUT2D eigenvalue weighted by molar-refractivity contribution is 5.80. The van der Waals surface area contributed by atoms with Crippen LogP contribution >= 0.6 is 0 Å². The Kier molecular flexibility index (Phi) is 4.31. The van der Waals surface area contributed by atoms with Crippen molar-refractivity contribution in [3.05, 3.63) is 30.1 Å². The molecule has 1 saturated carbocycles. The van der Waals surface area contributed by atoms with Crippen molar-refractivity contribution in [2.45, 2.75) is 69.4 Å². The Morgan fingerprint density at radius 2 is 2.22 bits per heavy atom. The number of hydrogen-bond acceptors (Lipinski definition) is 4. The standard InChI is InChI=1S/C18H25N3O2/c22-18(20-12-13-3-2-9-19-11-13)17-7-6-15-16(23-17)8-10-21(15)14-4-1-5-14/h2-3,9,11,14-17H,1,4-8,10,12H2,(H,20,22)/t15-,16-,17+/m1/s1. The molecule has 0 unspecified atom stereocenters. The lowest BCUT2D eigenvalue weighted by atomic mass is 9.89. The van der Waals surface area contributed by atoms with Crippen LogP contribution < -0.4 is 5.32 Å². The molecule has 124 valence electrons. The zero-order valence-corrected chi connectivity index (χ0v) is 13.5. The lowest BCUT2D eigenvalue weighted by Gasteiger charge is -2.42. The second kappa shape index (κ2) is 6.57. The monoisotopic (exact) mass is 315 g/mol. The molecule has 0 aromatic carbocycles. The van der Waals surface area contributed by atoms with E-state index in [9.17, 15) is 4.79 Å². The Balaban J connectivity index is 1.29. The highest BCUT2D eigenvalue weighted by atomic mass is 16.5. The molecule has 3 fully saturated rings. The first-order chi connectivity index (χ1) is 11.3. The maximum Gasteiger partial charge on any atom is 0.249 e. The molecule has 1 aliphatic carbocycles. The van der Waals surface area contributed by atoms with Crippen LogP contribution in [0.1, 0.15) is 44.1 Å². The quantitative estimate of drug-likeness (QED) is 0.921. The topological polar surface area (TPSA) is 54.5 Å². The summed E-state index contributed by atoms with van der Waals surface area (Å²) in [5.41, 5.74) is 1.02. The van der Waals surface area contributed by atoms with Gasteiger partial charge in [0.25, 0.3) is 0 Å². The molecule has 5 heteroatoms. The van der Waals surface area contributed by atoms with Crippen molar-refractivity contribution in [1.82, 2.24) is 15.2 Å². The minimum absolute atomic E-state index is 0.0226. The molecule has 3 aliphatic rings. The number of nitrogens with one attached hydrogen (secondary N) is 1. The molecule has 2 saturated heterocycles. The van der Waals surface area contributed by atoms with Crippen LogP contribution in [0.2, 0.25) is 0 Å². The Morgan fingerprint density at radius 1 is 1.30 bits per heavy atom. The van der Waals surface area contributed by atoms with Gasteiger partial charge in [0.1, 0.15) is 6.10 Å². The molecule has 1 N–H and O–H groups in total. The van der Waals surface area contributed by atoms with Gasteiger partial charge in [-0.3, -0.25) is 14.7 Å². The minimum atomic E-state index is -0.283. The minimum Gasteiger partial charge on any atom is -0.363 e. The first kappa shape index (κ1) is 15.1. The fourth-order valence-electron chi connectivity index (χ4n) is 4.13. The SMILES string of the molecule is O=C(NCc1cccnc1)[C@@H]1CC[C@@H]2[C@@H](CCN2C2CCC2)O1. The van der Waals surface area contributed by atoms with E-state index in [-0.39, 0.29) is 18.1 Å². The van der Waals surface area contributed by atoms with Gasteiger partial charge in [0.2, 0.25) is 5.91 Å². The summed E-state index contributed by atoms with van der Waals surface area (Å²) >= 11 is 0. The Hall–Kier alpha value is -1.46. The van der Waals surface area contributed by atoms with E-state index in [0.717, 1.165) is 37.4 Å². The van der Waals surface area contributed by atoms with Gasteiger partial charge >= 0.3 is 0 Å². The van der Waals surface area contributed by atoms with Crippen LogP contribution in [0.25, 0.3) is 0 Å². The molecule has 0 bridgehead atoms. The molecular weight excluding hydrogens is 290 g/mol. The van der Waals surface area contributed by atoms with Crippen molar-refractivity contribution >= 4 is 5.91 Å². The highest BCUT2D eigenvalue weighted by Gasteiger charge is 2.44. The van der Waals surface area contributed by atoms with E-state index < -0.39 is 0 Å². The molecule has 5 nitrogen and oxygen atoms in total. The highest BCUT2D eigenvalue weighted by Crippen LogP contribution is 2.37. The summed E-state index contributed by atoms with van der Waals surface area (Å²) in [5.74, 6) is 0.0226. The molecule has 3 heterocycles. The lowest BCUT2D eigenvalue weighted by Crippen LogP contribution is -2.51. The van der Waals surface area contributed by atoms with Gasteiger partial charge in [-0.05, 0) is 43.7 Å². The van der Waals surface area contributed by atoms with Crippen molar-refractivity contribution in [3.8, 4) is 0 Å². The number of fused-ring (bicyclic) bond motifs is 1. The van der Waals surface area contributed by atoms with E-state index >= 15 is 0 Å². The molecule has 3 atom stereocenters. The van der Waals surface area contributed by atoms with E-state index in [1.165, 1.54) is 19.3 Å². The number of hydrogen-bond donors (Lipinski definition) is 1. The summed E-state index contributed by atoms with van der Waals surface area (Å²) in [6, 6.07) is 5.18. The smallest absolute Gasteiger partial charge is 0.249 e. The van der Waals surface area contributed by atoms with E-state index in [2.05, 4.69) is 15.2 Å². The third kappa shape index (κ3) is 3.12. The molecule has 1 amide bonds. The number of nitrogens with zero attached hydrogens (tertiary/aromatic N) is 2. The Labute approximate surface area is 137 Å². The second-order valence-electron chi connectivity index (χ2n) is 7.00. The summed E-state index contributed by atoms with van der Waals surface area (Å²) in [5, 5.41) is 2.99. The zero-order chi connectivity index (χ0) is 15.6. The lowest BCUT2D eigenvalue weighted by molar-refractivity contribution is -0.144. The number of rotatable bonds is 4. The van der Waals surface area contributed by atoms with Gasteiger partial charge in [-0.25, -0.2) is 0 Å². The number of amides is 1. The van der Waals surface area contributed by atoms with E-state index in [4.69, 9.17) is 4.74 Å². The van der Waals surface area contributed by atoms with Gasteiger partial charge in [-0.1, -0.05) is 12.5 Å². The Morgan fingerprint density at radius 3 is 2.96 bits per heavy atom. The predicted molar refractivity (Wildman–Crippen MR) is 86.7 cm³/mol. The van der Waals surface area contributed by atoms with E-state index in [1.807, 2.05) is 12.1 Å². The molecule has 0 spiro atoms. The van der Waals surface area contributed by atoms with Gasteiger partial charge in [0, 0.05) is 37.6 Å². The fourth-order valence-corrected chi connectivity index (χ4v) is 4.13. The third-order valence-electron chi connectivity index (χ3n) is 5.62. The van der Waals surface area contributed by atoms with E-state index in [1.54, 1.807) is 12.4 Å². The van der Waals surface area contributed by atoms with Gasteiger partial charge in [-0.2, -0.15) is 0 Å². The van der Waals surface area contributed by atoms with Gasteiger partial charge in [0.05, 0.1) is 6.10 Å². The summed E-state index contributed by atoms with van der Waals surface area (Å²) in [4.78, 5) is 19.1. The number of aromatic nitrogens is 1. The average Bonchev–Trinajstić information content (AvgIpc) is 2.95.